The summed E-state index contributed by atoms with van der Waals surface area (Å²) >= 11 is 0. The largest absolute Gasteiger partial charge is 0.496 e. The van der Waals surface area contributed by atoms with Gasteiger partial charge in [-0.05, 0) is 50.7 Å². The third-order valence-corrected chi connectivity index (χ3v) is 4.17. The number of aryl methyl sites for hydroxylation is 1. The van der Waals surface area contributed by atoms with Crippen LogP contribution in [0, 0.1) is 18.8 Å². The second-order valence-corrected chi connectivity index (χ2v) is 5.76. The van der Waals surface area contributed by atoms with Crippen LogP contribution in [0.2, 0.25) is 0 Å². The second kappa shape index (κ2) is 6.54. The average molecular weight is 298 g/mol. The van der Waals surface area contributed by atoms with Crippen molar-refractivity contribution < 1.29 is 17.9 Å². The summed E-state index contributed by atoms with van der Waals surface area (Å²) in [6.07, 6.45) is 1.67. The fraction of sp³-hybridized carbons (Fsp3) is 0.529. The summed E-state index contributed by atoms with van der Waals surface area (Å²) in [6.45, 7) is 2.01. The molecule has 0 aliphatic heterocycles. The van der Waals surface area contributed by atoms with Crippen molar-refractivity contribution in [2.45, 2.75) is 38.8 Å². The molecule has 0 heterocycles. The number of alkyl halides is 3. The van der Waals surface area contributed by atoms with Crippen molar-refractivity contribution in [2.24, 2.45) is 11.8 Å². The second-order valence-electron chi connectivity index (χ2n) is 5.76. The lowest BCUT2D eigenvalue weighted by Crippen LogP contribution is -2.27. The molecule has 0 N–H and O–H groups in total. The average Bonchev–Trinajstić information content (AvgIpc) is 2.45. The molecule has 0 radical (unpaired) electrons. The predicted molar refractivity (Wildman–Crippen MR) is 78.3 cm³/mol. The Morgan fingerprint density at radius 2 is 1.81 bits per heavy atom. The van der Waals surface area contributed by atoms with Gasteiger partial charge in [0, 0.05) is 5.56 Å². The fourth-order valence-electron chi connectivity index (χ4n) is 2.86. The lowest BCUT2D eigenvalue weighted by atomic mass is 9.81. The maximum atomic E-state index is 12.6. The summed E-state index contributed by atoms with van der Waals surface area (Å²) < 4.78 is 43.2. The van der Waals surface area contributed by atoms with Crippen molar-refractivity contribution in [1.82, 2.24) is 0 Å². The molecule has 0 spiro atoms. The van der Waals surface area contributed by atoms with Crippen LogP contribution in [0.25, 0.3) is 6.08 Å². The summed E-state index contributed by atoms with van der Waals surface area (Å²) in [5, 5.41) is 0. The predicted octanol–water partition coefficient (Wildman–Crippen LogP) is 5.39. The highest BCUT2D eigenvalue weighted by Gasteiger charge is 2.40. The van der Waals surface area contributed by atoms with E-state index in [9.17, 15) is 13.2 Å². The van der Waals surface area contributed by atoms with Crippen molar-refractivity contribution in [3.8, 4) is 5.75 Å². The minimum Gasteiger partial charge on any atom is -0.496 e. The molecule has 116 valence electrons. The van der Waals surface area contributed by atoms with Gasteiger partial charge in [-0.3, -0.25) is 0 Å². The molecule has 0 bridgehead atoms. The van der Waals surface area contributed by atoms with Gasteiger partial charge in [0.05, 0.1) is 13.0 Å². The van der Waals surface area contributed by atoms with Gasteiger partial charge in [0.2, 0.25) is 0 Å². The minimum absolute atomic E-state index is 0.230. The van der Waals surface area contributed by atoms with Crippen LogP contribution in [-0.4, -0.2) is 13.3 Å². The molecule has 0 atom stereocenters. The van der Waals surface area contributed by atoms with E-state index in [0.717, 1.165) is 16.9 Å². The molecular weight excluding hydrogens is 277 g/mol. The van der Waals surface area contributed by atoms with Gasteiger partial charge < -0.3 is 4.74 Å². The first-order chi connectivity index (χ1) is 9.90. The standard InChI is InChI=1S/C17H21F3O/c1-12-3-10-16(21-2)14(11-12)7-4-13-5-8-15(9-6-13)17(18,19)20/h3-4,7,10-11,13,15H,5-6,8-9H2,1-2H3/b7-4+. The first kappa shape index (κ1) is 15.9. The topological polar surface area (TPSA) is 9.23 Å². The van der Waals surface area contributed by atoms with Crippen molar-refractivity contribution >= 4 is 6.08 Å². The maximum Gasteiger partial charge on any atom is 0.391 e. The molecule has 0 saturated heterocycles. The van der Waals surface area contributed by atoms with E-state index in [0.29, 0.717) is 12.8 Å². The zero-order chi connectivity index (χ0) is 15.5. The zero-order valence-corrected chi connectivity index (χ0v) is 12.4. The van der Waals surface area contributed by atoms with Gasteiger partial charge in [-0.25, -0.2) is 0 Å². The number of benzene rings is 1. The first-order valence-electron chi connectivity index (χ1n) is 7.29. The molecule has 1 aliphatic carbocycles. The van der Waals surface area contributed by atoms with Crippen LogP contribution >= 0.6 is 0 Å². The molecule has 1 aromatic rings. The van der Waals surface area contributed by atoms with E-state index >= 15 is 0 Å². The van der Waals surface area contributed by atoms with Gasteiger partial charge in [-0.15, -0.1) is 0 Å². The van der Waals surface area contributed by atoms with Crippen LogP contribution in [0.1, 0.15) is 36.8 Å². The third kappa shape index (κ3) is 4.26. The molecule has 1 aromatic carbocycles. The monoisotopic (exact) mass is 298 g/mol. The summed E-state index contributed by atoms with van der Waals surface area (Å²) in [5.74, 6) is -0.0923. The summed E-state index contributed by atoms with van der Waals surface area (Å²) in [4.78, 5) is 0. The molecule has 1 fully saturated rings. The van der Waals surface area contributed by atoms with E-state index in [1.54, 1.807) is 7.11 Å². The molecule has 4 heteroatoms. The molecular formula is C17H21F3O. The number of ether oxygens (including phenoxy) is 1. The number of hydrogen-bond acceptors (Lipinski definition) is 1. The number of allylic oxidation sites excluding steroid dienone is 1. The Bertz CT molecular complexity index is 497. The molecule has 0 aromatic heterocycles. The number of methoxy groups -OCH3 is 1. The third-order valence-electron chi connectivity index (χ3n) is 4.17. The Balaban J connectivity index is 1.99. The lowest BCUT2D eigenvalue weighted by Gasteiger charge is -2.28. The van der Waals surface area contributed by atoms with E-state index in [1.807, 2.05) is 37.3 Å². The summed E-state index contributed by atoms with van der Waals surface area (Å²) in [5.41, 5.74) is 2.12. The van der Waals surface area contributed by atoms with Crippen molar-refractivity contribution in [3.05, 3.63) is 35.4 Å². The van der Waals surface area contributed by atoms with Gasteiger partial charge in [0.15, 0.2) is 0 Å². The Labute approximate surface area is 123 Å². The first-order valence-corrected chi connectivity index (χ1v) is 7.29. The molecule has 1 saturated carbocycles. The van der Waals surface area contributed by atoms with E-state index in [2.05, 4.69) is 0 Å². The molecule has 0 amide bonds. The molecule has 1 nitrogen and oxygen atoms in total. The van der Waals surface area contributed by atoms with Crippen molar-refractivity contribution in [3.63, 3.8) is 0 Å². The van der Waals surface area contributed by atoms with Crippen molar-refractivity contribution in [2.75, 3.05) is 7.11 Å². The Morgan fingerprint density at radius 1 is 1.14 bits per heavy atom. The quantitative estimate of drug-likeness (QED) is 0.727. The highest BCUT2D eigenvalue weighted by atomic mass is 19.4. The van der Waals surface area contributed by atoms with E-state index in [1.165, 1.54) is 0 Å². The minimum atomic E-state index is -4.03. The Morgan fingerprint density at radius 3 is 2.38 bits per heavy atom. The Hall–Kier alpha value is -1.45. The van der Waals surface area contributed by atoms with Crippen LogP contribution in [0.4, 0.5) is 13.2 Å². The zero-order valence-electron chi connectivity index (χ0n) is 12.4. The highest BCUT2D eigenvalue weighted by molar-refractivity contribution is 5.58. The van der Waals surface area contributed by atoms with Crippen LogP contribution < -0.4 is 4.74 Å². The number of rotatable bonds is 3. The van der Waals surface area contributed by atoms with E-state index in [-0.39, 0.29) is 18.8 Å². The molecule has 1 aliphatic rings. The van der Waals surface area contributed by atoms with Gasteiger partial charge in [-0.2, -0.15) is 13.2 Å². The molecule has 21 heavy (non-hydrogen) atoms. The van der Waals surface area contributed by atoms with Crippen molar-refractivity contribution in [1.29, 1.82) is 0 Å². The number of hydrogen-bond donors (Lipinski definition) is 0. The normalized spacial score (nSPS) is 23.5. The number of halogens is 3. The van der Waals surface area contributed by atoms with Gasteiger partial charge in [0.1, 0.15) is 5.75 Å². The molecule has 2 rings (SSSR count). The van der Waals surface area contributed by atoms with Crippen LogP contribution in [0.15, 0.2) is 24.3 Å². The smallest absolute Gasteiger partial charge is 0.391 e. The highest BCUT2D eigenvalue weighted by Crippen LogP contribution is 2.40. The van der Waals surface area contributed by atoms with Gasteiger partial charge in [0.25, 0.3) is 0 Å². The van der Waals surface area contributed by atoms with Crippen LogP contribution in [0.3, 0.4) is 0 Å². The van der Waals surface area contributed by atoms with E-state index < -0.39 is 12.1 Å². The lowest BCUT2D eigenvalue weighted by molar-refractivity contribution is -0.183. The fourth-order valence-corrected chi connectivity index (χ4v) is 2.86. The van der Waals surface area contributed by atoms with Crippen LogP contribution in [0.5, 0.6) is 5.75 Å². The SMILES string of the molecule is COc1ccc(C)cc1/C=C/C1CCC(C(F)(F)F)CC1. The summed E-state index contributed by atoms with van der Waals surface area (Å²) in [7, 11) is 1.62. The van der Waals surface area contributed by atoms with Gasteiger partial charge >= 0.3 is 6.18 Å². The maximum absolute atomic E-state index is 12.6. The summed E-state index contributed by atoms with van der Waals surface area (Å²) in [6, 6.07) is 5.91. The van der Waals surface area contributed by atoms with Gasteiger partial charge in [-0.1, -0.05) is 23.8 Å². The van der Waals surface area contributed by atoms with Crippen LogP contribution in [-0.2, 0) is 0 Å². The Kier molecular flexibility index (Phi) is 4.96. The molecule has 0 unspecified atom stereocenters. The van der Waals surface area contributed by atoms with E-state index in [4.69, 9.17) is 4.74 Å².